The number of aryl methyl sites for hydroxylation is 1. The Kier molecular flexibility index (Phi) is 6.70. The van der Waals surface area contributed by atoms with Crippen molar-refractivity contribution in [3.63, 3.8) is 0 Å². The first-order valence-corrected chi connectivity index (χ1v) is 12.5. The number of alkyl halides is 3. The summed E-state index contributed by atoms with van der Waals surface area (Å²) in [6.45, 7) is 4.08. The number of methoxy groups -OCH3 is 1. The fraction of sp³-hybridized carbons (Fsp3) is 0.286. The SMILES string of the molecule is COc1ccc(-c2ccc(OC(F)(F)F)cc2)c(C(=O)N2CCCC2(C)c2nc3c(C)c(Cl)ccc3[nH]2)c1F. The third-order valence-corrected chi connectivity index (χ3v) is 7.59. The highest BCUT2D eigenvalue weighted by Gasteiger charge is 2.45. The van der Waals surface area contributed by atoms with Crippen molar-refractivity contribution in [1.29, 1.82) is 0 Å². The number of nitrogens with zero attached hydrogens (tertiary/aromatic N) is 2. The van der Waals surface area contributed by atoms with Crippen molar-refractivity contribution in [3.8, 4) is 22.6 Å². The maximum absolute atomic E-state index is 15.8. The molecule has 204 valence electrons. The molecule has 1 amide bonds. The number of amides is 1. The first-order valence-electron chi connectivity index (χ1n) is 12.1. The fourth-order valence-corrected chi connectivity index (χ4v) is 5.27. The van der Waals surface area contributed by atoms with Gasteiger partial charge in [-0.1, -0.05) is 23.7 Å². The number of rotatable bonds is 5. The zero-order valence-electron chi connectivity index (χ0n) is 21.2. The Morgan fingerprint density at radius 2 is 1.85 bits per heavy atom. The molecule has 0 bridgehead atoms. The lowest BCUT2D eigenvalue weighted by Gasteiger charge is -2.34. The van der Waals surface area contributed by atoms with Gasteiger partial charge in [-0.3, -0.25) is 4.79 Å². The number of fused-ring (bicyclic) bond motifs is 1. The van der Waals surface area contributed by atoms with Gasteiger partial charge < -0.3 is 19.4 Å². The Hall–Kier alpha value is -3.79. The van der Waals surface area contributed by atoms with Crippen molar-refractivity contribution in [2.75, 3.05) is 13.7 Å². The van der Waals surface area contributed by atoms with E-state index in [-0.39, 0.29) is 16.9 Å². The summed E-state index contributed by atoms with van der Waals surface area (Å²) in [5, 5.41) is 0.569. The van der Waals surface area contributed by atoms with Gasteiger partial charge in [-0.15, -0.1) is 13.2 Å². The number of aromatic nitrogens is 2. The molecule has 11 heteroatoms. The predicted octanol–water partition coefficient (Wildman–Crippen LogP) is 7.39. The van der Waals surface area contributed by atoms with Crippen LogP contribution in [0.1, 0.15) is 41.5 Å². The second kappa shape index (κ2) is 9.75. The summed E-state index contributed by atoms with van der Waals surface area (Å²) < 4.78 is 62.7. The molecular formula is C28H24ClF4N3O3. The lowest BCUT2D eigenvalue weighted by atomic mass is 9.94. The standard InChI is InChI=1S/C28H24ClF4N3O3/c1-15-19(29)10-11-20-24(15)35-26(34-20)27(2)13-4-14-36(27)25(37)22-18(9-12-21(38-3)23(22)30)16-5-7-17(8-6-16)39-28(31,32)33/h5-12H,4,13-14H2,1-3H3,(H,34,35). The van der Waals surface area contributed by atoms with Crippen LogP contribution in [0, 0.1) is 12.7 Å². The van der Waals surface area contributed by atoms with Crippen LogP contribution in [0.4, 0.5) is 17.6 Å². The van der Waals surface area contributed by atoms with E-state index >= 15 is 4.39 Å². The van der Waals surface area contributed by atoms with E-state index in [0.29, 0.717) is 41.3 Å². The number of ether oxygens (including phenoxy) is 2. The van der Waals surface area contributed by atoms with Gasteiger partial charge in [0.25, 0.3) is 5.91 Å². The van der Waals surface area contributed by atoms with Crippen LogP contribution in [0.5, 0.6) is 11.5 Å². The molecule has 1 saturated heterocycles. The van der Waals surface area contributed by atoms with E-state index in [1.54, 1.807) is 11.0 Å². The molecule has 0 saturated carbocycles. The van der Waals surface area contributed by atoms with Gasteiger partial charge >= 0.3 is 6.36 Å². The maximum atomic E-state index is 15.8. The van der Waals surface area contributed by atoms with Crippen LogP contribution < -0.4 is 9.47 Å². The van der Waals surface area contributed by atoms with Crippen LogP contribution in [0.3, 0.4) is 0 Å². The third-order valence-electron chi connectivity index (χ3n) is 7.18. The number of hydrogen-bond donors (Lipinski definition) is 1. The molecule has 1 fully saturated rings. The van der Waals surface area contributed by atoms with E-state index in [1.165, 1.54) is 31.4 Å². The van der Waals surface area contributed by atoms with Gasteiger partial charge in [0.1, 0.15) is 11.6 Å². The molecule has 1 aliphatic heterocycles. The van der Waals surface area contributed by atoms with Gasteiger partial charge in [0.05, 0.1) is 29.2 Å². The van der Waals surface area contributed by atoms with E-state index < -0.39 is 29.4 Å². The van der Waals surface area contributed by atoms with Gasteiger partial charge in [0, 0.05) is 11.6 Å². The van der Waals surface area contributed by atoms with Gasteiger partial charge in [0.15, 0.2) is 11.6 Å². The molecule has 0 spiro atoms. The van der Waals surface area contributed by atoms with Crippen LogP contribution in [0.15, 0.2) is 48.5 Å². The molecule has 5 rings (SSSR count). The lowest BCUT2D eigenvalue weighted by molar-refractivity contribution is -0.274. The minimum absolute atomic E-state index is 0.131. The Morgan fingerprint density at radius 3 is 2.51 bits per heavy atom. The van der Waals surface area contributed by atoms with Gasteiger partial charge in [-0.05, 0) is 79.8 Å². The zero-order chi connectivity index (χ0) is 28.1. The quantitative estimate of drug-likeness (QED) is 0.258. The number of halogens is 5. The van der Waals surface area contributed by atoms with Crippen LogP contribution >= 0.6 is 11.6 Å². The Morgan fingerprint density at radius 1 is 1.13 bits per heavy atom. The minimum atomic E-state index is -4.85. The van der Waals surface area contributed by atoms with Crippen molar-refractivity contribution in [2.24, 2.45) is 0 Å². The number of carbonyl (C=O) groups excluding carboxylic acids is 1. The Balaban J connectivity index is 1.58. The molecule has 1 aliphatic rings. The van der Waals surface area contributed by atoms with Crippen LogP contribution in [0.25, 0.3) is 22.2 Å². The Labute approximate surface area is 226 Å². The zero-order valence-corrected chi connectivity index (χ0v) is 22.0. The number of carbonyl (C=O) groups is 1. The smallest absolute Gasteiger partial charge is 0.494 e. The van der Waals surface area contributed by atoms with E-state index in [2.05, 4.69) is 9.72 Å². The van der Waals surface area contributed by atoms with Crippen molar-refractivity contribution < 1.29 is 31.8 Å². The van der Waals surface area contributed by atoms with Gasteiger partial charge in [-0.2, -0.15) is 0 Å². The normalized spacial score (nSPS) is 17.6. The molecule has 1 N–H and O–H groups in total. The highest BCUT2D eigenvalue weighted by atomic mass is 35.5. The van der Waals surface area contributed by atoms with E-state index in [1.807, 2.05) is 19.9 Å². The summed E-state index contributed by atoms with van der Waals surface area (Å²) in [6, 6.07) is 11.4. The van der Waals surface area contributed by atoms with Gasteiger partial charge in [0.2, 0.25) is 0 Å². The number of nitrogens with one attached hydrogen (secondary N) is 1. The van der Waals surface area contributed by atoms with Crippen molar-refractivity contribution >= 4 is 28.5 Å². The number of likely N-dealkylation sites (tertiary alicyclic amines) is 1. The molecular weight excluding hydrogens is 538 g/mol. The molecule has 6 nitrogen and oxygen atoms in total. The summed E-state index contributed by atoms with van der Waals surface area (Å²) in [4.78, 5) is 23.8. The molecule has 0 radical (unpaired) electrons. The van der Waals surface area contributed by atoms with E-state index in [0.717, 1.165) is 23.2 Å². The summed E-state index contributed by atoms with van der Waals surface area (Å²) in [7, 11) is 1.29. The van der Waals surface area contributed by atoms with Crippen LogP contribution in [0.2, 0.25) is 5.02 Å². The molecule has 1 unspecified atom stereocenters. The fourth-order valence-electron chi connectivity index (χ4n) is 5.11. The van der Waals surface area contributed by atoms with Crippen molar-refractivity contribution in [3.05, 3.63) is 76.3 Å². The van der Waals surface area contributed by atoms with Gasteiger partial charge in [-0.25, -0.2) is 9.37 Å². The average molecular weight is 562 g/mol. The molecule has 2 heterocycles. The van der Waals surface area contributed by atoms with Crippen LogP contribution in [-0.2, 0) is 5.54 Å². The molecule has 1 atom stereocenters. The number of hydrogen-bond acceptors (Lipinski definition) is 4. The molecule has 1 aromatic heterocycles. The second-order valence-corrected chi connectivity index (χ2v) is 9.97. The van der Waals surface area contributed by atoms with E-state index in [4.69, 9.17) is 21.3 Å². The predicted molar refractivity (Wildman–Crippen MR) is 139 cm³/mol. The first-order chi connectivity index (χ1) is 18.4. The molecule has 0 aliphatic carbocycles. The third kappa shape index (κ3) is 4.78. The first kappa shape index (κ1) is 26.8. The molecule has 4 aromatic rings. The van der Waals surface area contributed by atoms with Crippen LogP contribution in [-0.4, -0.2) is 40.8 Å². The number of aromatic amines is 1. The summed E-state index contributed by atoms with van der Waals surface area (Å²) in [5.74, 6) is -1.47. The molecule has 3 aromatic carbocycles. The lowest BCUT2D eigenvalue weighted by Crippen LogP contribution is -2.44. The Bertz CT molecular complexity index is 1570. The number of H-pyrrole nitrogens is 1. The second-order valence-electron chi connectivity index (χ2n) is 9.56. The summed E-state index contributed by atoms with van der Waals surface area (Å²) in [6.07, 6.45) is -3.62. The summed E-state index contributed by atoms with van der Waals surface area (Å²) in [5.41, 5.74) is 1.67. The highest BCUT2D eigenvalue weighted by Crippen LogP contribution is 2.42. The highest BCUT2D eigenvalue weighted by molar-refractivity contribution is 6.32. The monoisotopic (exact) mass is 561 g/mol. The summed E-state index contributed by atoms with van der Waals surface area (Å²) >= 11 is 6.28. The largest absolute Gasteiger partial charge is 0.573 e. The molecule has 39 heavy (non-hydrogen) atoms. The van der Waals surface area contributed by atoms with Crippen molar-refractivity contribution in [2.45, 2.75) is 38.6 Å². The number of imidazole rings is 1. The number of benzene rings is 3. The average Bonchev–Trinajstić information content (AvgIpc) is 3.50. The maximum Gasteiger partial charge on any atom is 0.573 e. The van der Waals surface area contributed by atoms with Crippen molar-refractivity contribution in [1.82, 2.24) is 14.9 Å². The van der Waals surface area contributed by atoms with E-state index in [9.17, 15) is 18.0 Å². The minimum Gasteiger partial charge on any atom is -0.494 e. The topological polar surface area (TPSA) is 67.5 Å².